The maximum atomic E-state index is 12.8. The third-order valence-corrected chi connectivity index (χ3v) is 3.38. The molecule has 0 aliphatic carbocycles. The molecule has 0 bridgehead atoms. The fraction of sp³-hybridized carbons (Fsp3) is 0.0625. The Kier molecular flexibility index (Phi) is 4.34. The molecule has 0 unspecified atom stereocenters. The second-order valence-corrected chi connectivity index (χ2v) is 5.15. The van der Waals surface area contributed by atoms with Gasteiger partial charge in [-0.05, 0) is 29.8 Å². The summed E-state index contributed by atoms with van der Waals surface area (Å²) in [5.41, 5.74) is 1.26. The monoisotopic (exact) mass is 331 g/mol. The van der Waals surface area contributed by atoms with E-state index >= 15 is 0 Å². The number of nitrogens with one attached hydrogen (secondary N) is 1. The van der Waals surface area contributed by atoms with Gasteiger partial charge >= 0.3 is 6.01 Å². The van der Waals surface area contributed by atoms with Crippen LogP contribution in [0, 0.1) is 5.82 Å². The molecule has 7 heteroatoms. The lowest BCUT2D eigenvalue weighted by Crippen LogP contribution is -2.14. The van der Waals surface area contributed by atoms with E-state index in [1.54, 1.807) is 24.3 Å². The highest BCUT2D eigenvalue weighted by Crippen LogP contribution is 2.27. The maximum absolute atomic E-state index is 12.8. The number of hydrogen-bond donors (Lipinski definition) is 1. The summed E-state index contributed by atoms with van der Waals surface area (Å²) in [6.07, 6.45) is 0.0735. The molecule has 3 aromatic rings. The number of nitrogens with zero attached hydrogens (tertiary/aromatic N) is 2. The van der Waals surface area contributed by atoms with Gasteiger partial charge in [-0.25, -0.2) is 4.39 Å². The Morgan fingerprint density at radius 3 is 2.61 bits per heavy atom. The molecular weight excluding hydrogens is 321 g/mol. The topological polar surface area (TPSA) is 68.0 Å². The molecule has 0 saturated heterocycles. The fourth-order valence-corrected chi connectivity index (χ4v) is 2.18. The molecule has 2 aromatic carbocycles. The predicted molar refractivity (Wildman–Crippen MR) is 83.5 cm³/mol. The molecule has 0 aliphatic heterocycles. The highest BCUT2D eigenvalue weighted by Gasteiger charge is 2.13. The van der Waals surface area contributed by atoms with Gasteiger partial charge in [0.1, 0.15) is 5.82 Å². The third kappa shape index (κ3) is 3.73. The molecule has 23 heavy (non-hydrogen) atoms. The molecule has 1 heterocycles. The zero-order valence-electron chi connectivity index (χ0n) is 11.8. The van der Waals surface area contributed by atoms with Crippen molar-refractivity contribution in [3.05, 3.63) is 64.9 Å². The molecule has 0 saturated carbocycles. The molecule has 1 N–H and O–H groups in total. The zero-order chi connectivity index (χ0) is 16.2. The van der Waals surface area contributed by atoms with Gasteiger partial charge in [0, 0.05) is 0 Å². The van der Waals surface area contributed by atoms with Gasteiger partial charge in [0.2, 0.25) is 5.91 Å². The van der Waals surface area contributed by atoms with Gasteiger partial charge in [0.05, 0.1) is 17.0 Å². The highest BCUT2D eigenvalue weighted by atomic mass is 35.5. The molecule has 116 valence electrons. The second-order valence-electron chi connectivity index (χ2n) is 4.74. The van der Waals surface area contributed by atoms with Crippen LogP contribution in [0.2, 0.25) is 5.02 Å². The Morgan fingerprint density at radius 2 is 1.87 bits per heavy atom. The first kappa shape index (κ1) is 15.2. The average Bonchev–Trinajstić information content (AvgIpc) is 2.98. The average molecular weight is 332 g/mol. The largest absolute Gasteiger partial charge is 0.403 e. The number of amides is 1. The van der Waals surface area contributed by atoms with Crippen LogP contribution in [0.15, 0.2) is 52.9 Å². The first-order valence-corrected chi connectivity index (χ1v) is 7.12. The SMILES string of the molecule is O=C(Cc1ccc(F)cc1)Nc1nnc(-c2ccccc2Cl)o1. The van der Waals surface area contributed by atoms with Gasteiger partial charge < -0.3 is 4.42 Å². The van der Waals surface area contributed by atoms with Gasteiger partial charge in [-0.3, -0.25) is 10.1 Å². The maximum Gasteiger partial charge on any atom is 0.322 e. The number of anilines is 1. The Balaban J connectivity index is 1.68. The lowest BCUT2D eigenvalue weighted by Gasteiger charge is -2.01. The van der Waals surface area contributed by atoms with Crippen molar-refractivity contribution in [2.75, 3.05) is 5.32 Å². The van der Waals surface area contributed by atoms with E-state index in [2.05, 4.69) is 15.5 Å². The zero-order valence-corrected chi connectivity index (χ0v) is 12.5. The van der Waals surface area contributed by atoms with Gasteiger partial charge in [-0.1, -0.05) is 41.0 Å². The lowest BCUT2D eigenvalue weighted by molar-refractivity contribution is -0.115. The van der Waals surface area contributed by atoms with Crippen LogP contribution >= 0.6 is 11.6 Å². The number of benzene rings is 2. The lowest BCUT2D eigenvalue weighted by atomic mass is 10.1. The Bertz CT molecular complexity index is 833. The number of rotatable bonds is 4. The van der Waals surface area contributed by atoms with Crippen molar-refractivity contribution >= 4 is 23.5 Å². The summed E-state index contributed by atoms with van der Waals surface area (Å²) in [7, 11) is 0. The van der Waals surface area contributed by atoms with E-state index in [1.165, 1.54) is 24.3 Å². The van der Waals surface area contributed by atoms with Crippen molar-refractivity contribution in [2.45, 2.75) is 6.42 Å². The third-order valence-electron chi connectivity index (χ3n) is 3.05. The van der Waals surface area contributed by atoms with Crippen LogP contribution in [-0.4, -0.2) is 16.1 Å². The van der Waals surface area contributed by atoms with Gasteiger partial charge in [0.25, 0.3) is 5.89 Å². The molecule has 0 aliphatic rings. The minimum absolute atomic E-state index is 0.0213. The summed E-state index contributed by atoms with van der Waals surface area (Å²) >= 11 is 6.05. The molecule has 3 rings (SSSR count). The molecule has 0 spiro atoms. The predicted octanol–water partition coefficient (Wildman–Crippen LogP) is 3.71. The van der Waals surface area contributed by atoms with Crippen molar-refractivity contribution < 1.29 is 13.6 Å². The first-order valence-electron chi connectivity index (χ1n) is 6.74. The number of hydrogen-bond acceptors (Lipinski definition) is 4. The quantitative estimate of drug-likeness (QED) is 0.791. The van der Waals surface area contributed by atoms with Crippen molar-refractivity contribution in [2.24, 2.45) is 0 Å². The summed E-state index contributed by atoms with van der Waals surface area (Å²) in [6.45, 7) is 0. The number of carbonyl (C=O) groups excluding carboxylic acids is 1. The summed E-state index contributed by atoms with van der Waals surface area (Å²) in [4.78, 5) is 11.9. The number of aromatic nitrogens is 2. The van der Waals surface area contributed by atoms with E-state index < -0.39 is 0 Å². The van der Waals surface area contributed by atoms with E-state index in [1.807, 2.05) is 0 Å². The van der Waals surface area contributed by atoms with E-state index in [4.69, 9.17) is 16.0 Å². The summed E-state index contributed by atoms with van der Waals surface area (Å²) in [5, 5.41) is 10.6. The highest BCUT2D eigenvalue weighted by molar-refractivity contribution is 6.33. The second kappa shape index (κ2) is 6.58. The van der Waals surface area contributed by atoms with Crippen molar-refractivity contribution in [1.29, 1.82) is 0 Å². The Labute approximate surface area is 136 Å². The van der Waals surface area contributed by atoms with Crippen LogP contribution in [0.5, 0.6) is 0 Å². The van der Waals surface area contributed by atoms with Crippen LogP contribution in [-0.2, 0) is 11.2 Å². The minimum Gasteiger partial charge on any atom is -0.403 e. The Hall–Kier alpha value is -2.73. The summed E-state index contributed by atoms with van der Waals surface area (Å²) < 4.78 is 18.2. The fourth-order valence-electron chi connectivity index (χ4n) is 1.97. The van der Waals surface area contributed by atoms with Gasteiger partial charge in [-0.2, -0.15) is 0 Å². The Morgan fingerprint density at radius 1 is 1.13 bits per heavy atom. The van der Waals surface area contributed by atoms with E-state index in [9.17, 15) is 9.18 Å². The first-order chi connectivity index (χ1) is 11.1. The van der Waals surface area contributed by atoms with Crippen molar-refractivity contribution in [3.63, 3.8) is 0 Å². The molecule has 1 aromatic heterocycles. The molecule has 0 radical (unpaired) electrons. The van der Waals surface area contributed by atoms with Crippen LogP contribution < -0.4 is 5.32 Å². The molecule has 1 amide bonds. The smallest absolute Gasteiger partial charge is 0.322 e. The van der Waals surface area contributed by atoms with Crippen LogP contribution in [0.3, 0.4) is 0 Å². The van der Waals surface area contributed by atoms with Crippen LogP contribution in [0.4, 0.5) is 10.4 Å². The van der Waals surface area contributed by atoms with Crippen molar-refractivity contribution in [1.82, 2.24) is 10.2 Å². The van der Waals surface area contributed by atoms with Crippen LogP contribution in [0.1, 0.15) is 5.56 Å². The van der Waals surface area contributed by atoms with Crippen molar-refractivity contribution in [3.8, 4) is 11.5 Å². The number of halogens is 2. The standard InChI is InChI=1S/C16H11ClFN3O2/c17-13-4-2-1-3-12(13)15-20-21-16(23-15)19-14(22)9-10-5-7-11(18)8-6-10/h1-8H,9H2,(H,19,21,22). The van der Waals surface area contributed by atoms with Gasteiger partial charge in [-0.15, -0.1) is 5.10 Å². The summed E-state index contributed by atoms with van der Waals surface area (Å²) in [6, 6.07) is 12.7. The van der Waals surface area contributed by atoms with E-state index in [0.29, 0.717) is 16.1 Å². The summed E-state index contributed by atoms with van der Waals surface area (Å²) in [5.74, 6) is -0.478. The number of carbonyl (C=O) groups is 1. The van der Waals surface area contributed by atoms with E-state index in [0.717, 1.165) is 0 Å². The minimum atomic E-state index is -0.351. The molecular formula is C16H11ClFN3O2. The van der Waals surface area contributed by atoms with E-state index in [-0.39, 0.29) is 30.1 Å². The normalized spacial score (nSPS) is 10.5. The molecule has 0 fully saturated rings. The van der Waals surface area contributed by atoms with Gasteiger partial charge in [0.15, 0.2) is 0 Å². The molecule has 0 atom stereocenters. The molecule has 5 nitrogen and oxygen atoms in total. The van der Waals surface area contributed by atoms with Crippen LogP contribution in [0.25, 0.3) is 11.5 Å².